The molecule has 1 aliphatic carbocycles. The first-order valence-corrected chi connectivity index (χ1v) is 8.37. The fourth-order valence-corrected chi connectivity index (χ4v) is 3.86. The highest BCUT2D eigenvalue weighted by Gasteiger charge is 2.40. The smallest absolute Gasteiger partial charge is 0.119 e. The second-order valence-electron chi connectivity index (χ2n) is 7.14. The van der Waals surface area contributed by atoms with Crippen LogP contribution in [0.25, 0.3) is 0 Å². The van der Waals surface area contributed by atoms with Crippen LogP contribution in [0.2, 0.25) is 0 Å². The average Bonchev–Trinajstić information content (AvgIpc) is 2.80. The monoisotopic (exact) mass is 289 g/mol. The highest BCUT2D eigenvalue weighted by molar-refractivity contribution is 5.37. The van der Waals surface area contributed by atoms with Crippen LogP contribution in [0.5, 0.6) is 5.75 Å². The maximum Gasteiger partial charge on any atom is 0.119 e. The van der Waals surface area contributed by atoms with Crippen LogP contribution in [0.4, 0.5) is 0 Å². The lowest BCUT2D eigenvalue weighted by Crippen LogP contribution is -2.34. The zero-order chi connectivity index (χ0) is 15.5. The van der Waals surface area contributed by atoms with Gasteiger partial charge in [-0.05, 0) is 67.3 Å². The number of nitrogens with one attached hydrogen (secondary N) is 1. The predicted octanol–water partition coefficient (Wildman–Crippen LogP) is 4.87. The van der Waals surface area contributed by atoms with E-state index in [1.54, 1.807) is 7.11 Å². The van der Waals surface area contributed by atoms with Crippen LogP contribution in [0.3, 0.4) is 0 Å². The van der Waals surface area contributed by atoms with E-state index in [4.69, 9.17) is 4.74 Å². The third-order valence-electron chi connectivity index (χ3n) is 5.17. The van der Waals surface area contributed by atoms with E-state index in [2.05, 4.69) is 51.2 Å². The summed E-state index contributed by atoms with van der Waals surface area (Å²) >= 11 is 0. The summed E-state index contributed by atoms with van der Waals surface area (Å²) in [4.78, 5) is 0. The van der Waals surface area contributed by atoms with Gasteiger partial charge in [-0.15, -0.1) is 0 Å². The molecule has 0 spiro atoms. The third kappa shape index (κ3) is 3.60. The number of hydrogen-bond donors (Lipinski definition) is 1. The molecule has 0 aromatic heterocycles. The van der Waals surface area contributed by atoms with E-state index in [9.17, 15) is 0 Å². The lowest BCUT2D eigenvalue weighted by Gasteiger charge is -2.36. The van der Waals surface area contributed by atoms with Crippen molar-refractivity contribution in [3.63, 3.8) is 0 Å². The SMILES string of the molecule is CCCNC(c1ccc(OC)cc1C)C1CCCC1(C)C. The Morgan fingerprint density at radius 1 is 1.38 bits per heavy atom. The van der Waals surface area contributed by atoms with Crippen LogP contribution in [-0.4, -0.2) is 13.7 Å². The van der Waals surface area contributed by atoms with E-state index in [0.717, 1.165) is 18.2 Å². The molecule has 1 aromatic rings. The van der Waals surface area contributed by atoms with Gasteiger partial charge in [0.05, 0.1) is 7.11 Å². The third-order valence-corrected chi connectivity index (χ3v) is 5.17. The molecule has 1 aromatic carbocycles. The standard InChI is InChI=1S/C19H31NO/c1-6-12-20-18(17-8-7-11-19(17,3)4)16-10-9-15(21-5)13-14(16)2/h9-10,13,17-18,20H,6-8,11-12H2,1-5H3. The number of hydrogen-bond acceptors (Lipinski definition) is 2. The average molecular weight is 289 g/mol. The van der Waals surface area contributed by atoms with E-state index >= 15 is 0 Å². The second kappa shape index (κ2) is 6.83. The minimum atomic E-state index is 0.428. The molecular formula is C19H31NO. The molecule has 0 bridgehead atoms. The summed E-state index contributed by atoms with van der Waals surface area (Å²) in [5.41, 5.74) is 3.22. The van der Waals surface area contributed by atoms with Crippen LogP contribution in [-0.2, 0) is 0 Å². The minimum absolute atomic E-state index is 0.428. The summed E-state index contributed by atoms with van der Waals surface area (Å²) in [5, 5.41) is 3.82. The topological polar surface area (TPSA) is 21.3 Å². The molecule has 2 nitrogen and oxygen atoms in total. The Hall–Kier alpha value is -1.02. The molecule has 1 saturated carbocycles. The first-order valence-electron chi connectivity index (χ1n) is 8.37. The Bertz CT molecular complexity index is 467. The van der Waals surface area contributed by atoms with Gasteiger partial charge in [0.25, 0.3) is 0 Å². The summed E-state index contributed by atoms with van der Waals surface area (Å²) in [5.74, 6) is 1.67. The van der Waals surface area contributed by atoms with Gasteiger partial charge in [0, 0.05) is 6.04 Å². The minimum Gasteiger partial charge on any atom is -0.497 e. The van der Waals surface area contributed by atoms with Crippen molar-refractivity contribution >= 4 is 0 Å². The van der Waals surface area contributed by atoms with E-state index in [1.807, 2.05) is 0 Å². The number of methoxy groups -OCH3 is 1. The summed E-state index contributed by atoms with van der Waals surface area (Å²) in [6.07, 6.45) is 5.22. The van der Waals surface area contributed by atoms with Crippen molar-refractivity contribution < 1.29 is 4.74 Å². The number of benzene rings is 1. The molecule has 0 amide bonds. The normalized spacial score (nSPS) is 22.2. The summed E-state index contributed by atoms with van der Waals surface area (Å²) < 4.78 is 5.36. The van der Waals surface area contributed by atoms with Gasteiger partial charge in [-0.1, -0.05) is 33.3 Å². The highest BCUT2D eigenvalue weighted by Crippen LogP contribution is 2.49. The lowest BCUT2D eigenvalue weighted by atomic mass is 9.74. The van der Waals surface area contributed by atoms with Gasteiger partial charge < -0.3 is 10.1 Å². The molecule has 2 unspecified atom stereocenters. The van der Waals surface area contributed by atoms with Crippen molar-refractivity contribution in [3.8, 4) is 5.75 Å². The Labute approximate surface area is 130 Å². The van der Waals surface area contributed by atoms with Gasteiger partial charge in [-0.2, -0.15) is 0 Å². The predicted molar refractivity (Wildman–Crippen MR) is 89.9 cm³/mol. The Balaban J connectivity index is 2.31. The first-order chi connectivity index (χ1) is 9.99. The summed E-state index contributed by atoms with van der Waals surface area (Å²) in [6.45, 7) is 10.4. The maximum absolute atomic E-state index is 5.36. The largest absolute Gasteiger partial charge is 0.497 e. The van der Waals surface area contributed by atoms with E-state index in [-0.39, 0.29) is 0 Å². The Kier molecular flexibility index (Phi) is 5.32. The van der Waals surface area contributed by atoms with Crippen molar-refractivity contribution in [2.45, 2.75) is 59.4 Å². The fourth-order valence-electron chi connectivity index (χ4n) is 3.86. The highest BCUT2D eigenvalue weighted by atomic mass is 16.5. The molecule has 2 rings (SSSR count). The molecule has 0 radical (unpaired) electrons. The maximum atomic E-state index is 5.36. The Morgan fingerprint density at radius 3 is 2.67 bits per heavy atom. The molecule has 0 saturated heterocycles. The van der Waals surface area contributed by atoms with E-state index < -0.39 is 0 Å². The Morgan fingerprint density at radius 2 is 2.14 bits per heavy atom. The first kappa shape index (κ1) is 16.4. The number of aryl methyl sites for hydroxylation is 1. The zero-order valence-corrected chi connectivity index (χ0v) is 14.3. The molecule has 118 valence electrons. The molecule has 2 heteroatoms. The van der Waals surface area contributed by atoms with Crippen molar-refractivity contribution in [2.24, 2.45) is 11.3 Å². The van der Waals surface area contributed by atoms with Gasteiger partial charge >= 0.3 is 0 Å². The molecular weight excluding hydrogens is 258 g/mol. The fraction of sp³-hybridized carbons (Fsp3) is 0.684. The van der Waals surface area contributed by atoms with Crippen molar-refractivity contribution in [1.29, 1.82) is 0 Å². The molecule has 0 heterocycles. The quantitative estimate of drug-likeness (QED) is 0.806. The molecule has 2 atom stereocenters. The van der Waals surface area contributed by atoms with Crippen molar-refractivity contribution in [1.82, 2.24) is 5.32 Å². The molecule has 0 aliphatic heterocycles. The number of rotatable bonds is 6. The van der Waals surface area contributed by atoms with Gasteiger partial charge in [0.1, 0.15) is 5.75 Å². The van der Waals surface area contributed by atoms with Crippen LogP contribution < -0.4 is 10.1 Å². The summed E-state index contributed by atoms with van der Waals surface area (Å²) in [7, 11) is 1.74. The molecule has 21 heavy (non-hydrogen) atoms. The van der Waals surface area contributed by atoms with Crippen LogP contribution in [0, 0.1) is 18.3 Å². The van der Waals surface area contributed by atoms with E-state index in [1.165, 1.54) is 36.8 Å². The lowest BCUT2D eigenvalue weighted by molar-refractivity contribution is 0.197. The molecule has 1 aliphatic rings. The molecule has 1 fully saturated rings. The van der Waals surface area contributed by atoms with Gasteiger partial charge in [-0.25, -0.2) is 0 Å². The zero-order valence-electron chi connectivity index (χ0n) is 14.3. The number of ether oxygens (including phenoxy) is 1. The van der Waals surface area contributed by atoms with Crippen LogP contribution >= 0.6 is 0 Å². The van der Waals surface area contributed by atoms with Crippen molar-refractivity contribution in [2.75, 3.05) is 13.7 Å². The van der Waals surface area contributed by atoms with E-state index in [0.29, 0.717) is 11.5 Å². The van der Waals surface area contributed by atoms with Crippen molar-refractivity contribution in [3.05, 3.63) is 29.3 Å². The van der Waals surface area contributed by atoms with Gasteiger partial charge in [0.2, 0.25) is 0 Å². The van der Waals surface area contributed by atoms with Crippen LogP contribution in [0.15, 0.2) is 18.2 Å². The summed E-state index contributed by atoms with van der Waals surface area (Å²) in [6, 6.07) is 6.99. The van der Waals surface area contributed by atoms with Crippen LogP contribution in [0.1, 0.15) is 63.6 Å². The second-order valence-corrected chi connectivity index (χ2v) is 7.14. The molecule has 1 N–H and O–H groups in total. The van der Waals surface area contributed by atoms with Gasteiger partial charge in [0.15, 0.2) is 0 Å². The van der Waals surface area contributed by atoms with Gasteiger partial charge in [-0.3, -0.25) is 0 Å².